The highest BCUT2D eigenvalue weighted by Gasteiger charge is 2.18. The maximum Gasteiger partial charge on any atom is 0.299 e. The van der Waals surface area contributed by atoms with Gasteiger partial charge in [-0.1, -0.05) is 0 Å². The molecule has 2 aromatic heterocycles. The Bertz CT molecular complexity index is 1020. The van der Waals surface area contributed by atoms with Gasteiger partial charge in [-0.15, -0.1) is 0 Å². The van der Waals surface area contributed by atoms with E-state index in [9.17, 15) is 13.9 Å². The summed E-state index contributed by atoms with van der Waals surface area (Å²) in [4.78, 5) is 16.9. The van der Waals surface area contributed by atoms with Crippen LogP contribution < -0.4 is 5.32 Å². The van der Waals surface area contributed by atoms with Crippen molar-refractivity contribution in [2.45, 2.75) is 51.8 Å². The van der Waals surface area contributed by atoms with Crippen molar-refractivity contribution in [3.63, 3.8) is 0 Å². The second-order valence-corrected chi connectivity index (χ2v) is 7.61. The van der Waals surface area contributed by atoms with Crippen molar-refractivity contribution < 1.29 is 18.7 Å². The number of alkyl halides is 2. The molecule has 3 aromatic rings. The molecule has 0 radical (unpaired) electrons. The fourth-order valence-electron chi connectivity index (χ4n) is 2.27. The number of benzene rings is 1. The van der Waals surface area contributed by atoms with E-state index in [1.165, 1.54) is 0 Å². The molecular formula is C22H28F2N6O2. The van der Waals surface area contributed by atoms with Gasteiger partial charge in [-0.25, -0.2) is 9.97 Å². The first-order valence-electron chi connectivity index (χ1n) is 9.78. The highest BCUT2D eigenvalue weighted by Crippen LogP contribution is 2.15. The quantitative estimate of drug-likeness (QED) is 0.579. The van der Waals surface area contributed by atoms with Crippen LogP contribution >= 0.6 is 0 Å². The van der Waals surface area contributed by atoms with Crippen molar-refractivity contribution in [3.8, 4) is 6.07 Å². The molecule has 3 rings (SSSR count). The summed E-state index contributed by atoms with van der Waals surface area (Å²) in [7, 11) is 1.93. The number of aromatic nitrogens is 4. The molecule has 32 heavy (non-hydrogen) atoms. The summed E-state index contributed by atoms with van der Waals surface area (Å²) in [6.07, 6.45) is 4.63. The zero-order valence-corrected chi connectivity index (χ0v) is 18.8. The Morgan fingerprint density at radius 3 is 2.31 bits per heavy atom. The number of likely N-dealkylation sites (N-methyl/N-ethyl adjacent to an activating group) is 1. The molecule has 2 N–H and O–H groups in total. The first-order chi connectivity index (χ1) is 14.9. The number of nitrogens with zero attached hydrogens (tertiary/aromatic N) is 5. The highest BCUT2D eigenvalue weighted by atomic mass is 19.3. The maximum absolute atomic E-state index is 11.1. The molecule has 0 spiro atoms. The topological polar surface area (TPSA) is 117 Å². The number of hydrogen-bond donors (Lipinski definition) is 2. The average Bonchev–Trinajstić information content (AvgIpc) is 3.15. The van der Waals surface area contributed by atoms with E-state index in [0.29, 0.717) is 24.4 Å². The second-order valence-electron chi connectivity index (χ2n) is 7.61. The Labute approximate surface area is 185 Å². The molecule has 0 aliphatic rings. The van der Waals surface area contributed by atoms with E-state index in [2.05, 4.69) is 33.4 Å². The third-order valence-corrected chi connectivity index (χ3v) is 4.03. The van der Waals surface area contributed by atoms with Crippen LogP contribution in [0.25, 0.3) is 10.9 Å². The molecule has 1 aromatic carbocycles. The zero-order chi connectivity index (χ0) is 24.4. The number of hydrogen-bond acceptors (Lipinski definition) is 7. The lowest BCUT2D eigenvalue weighted by atomic mass is 10.1. The Morgan fingerprint density at radius 1 is 1.28 bits per heavy atom. The molecular weight excluding hydrogens is 418 g/mol. The number of nitriles is 1. The Hall–Kier alpha value is -3.29. The van der Waals surface area contributed by atoms with Gasteiger partial charge in [0.1, 0.15) is 5.60 Å². The van der Waals surface area contributed by atoms with Crippen LogP contribution in [-0.2, 0) is 16.9 Å². The van der Waals surface area contributed by atoms with Gasteiger partial charge < -0.3 is 10.4 Å². The summed E-state index contributed by atoms with van der Waals surface area (Å²) in [6, 6.07) is 9.86. The number of aldehydes is 1. The average molecular weight is 447 g/mol. The summed E-state index contributed by atoms with van der Waals surface area (Å²) < 4.78 is 24.1. The Balaban J connectivity index is 0.000000273. The predicted octanol–water partition coefficient (Wildman–Crippen LogP) is 3.06. The van der Waals surface area contributed by atoms with Crippen LogP contribution in [0.1, 0.15) is 39.1 Å². The molecule has 0 saturated heterocycles. The van der Waals surface area contributed by atoms with Crippen LogP contribution in [-0.4, -0.2) is 50.2 Å². The molecule has 0 aliphatic carbocycles. The number of rotatable bonds is 5. The van der Waals surface area contributed by atoms with Gasteiger partial charge in [-0.05, 0) is 52.1 Å². The van der Waals surface area contributed by atoms with E-state index in [1.54, 1.807) is 38.5 Å². The molecule has 2 heterocycles. The van der Waals surface area contributed by atoms with Crippen molar-refractivity contribution in [1.29, 1.82) is 5.26 Å². The van der Waals surface area contributed by atoms with E-state index < -0.39 is 17.8 Å². The summed E-state index contributed by atoms with van der Waals surface area (Å²) in [5, 5.41) is 26.7. The SMILES string of the molecule is CC(C)(O)c1ncccn1.CC(F)(F)C=O.CNC(C)Cn1ncc2cc(C#N)ccc21. The highest BCUT2D eigenvalue weighted by molar-refractivity contribution is 5.80. The standard InChI is InChI=1S/C12H14N4.C7H10N2O.C3H4F2O/c1-9(14-2)8-16-12-4-3-10(6-13)5-11(12)7-15-16;1-7(2,10)6-8-4-3-5-9-6;1-3(4,5)2-6/h3-5,7,9,14H,8H2,1-2H3;3-5,10H,1-2H3;2H,1H3. The van der Waals surface area contributed by atoms with E-state index in [-0.39, 0.29) is 0 Å². The lowest BCUT2D eigenvalue weighted by Crippen LogP contribution is -2.27. The lowest BCUT2D eigenvalue weighted by molar-refractivity contribution is -0.126. The van der Waals surface area contributed by atoms with Crippen molar-refractivity contribution in [2.24, 2.45) is 0 Å². The number of carbonyl (C=O) groups is 1. The predicted molar refractivity (Wildman–Crippen MR) is 117 cm³/mol. The maximum atomic E-state index is 11.1. The zero-order valence-electron chi connectivity index (χ0n) is 18.8. The monoisotopic (exact) mass is 446 g/mol. The van der Waals surface area contributed by atoms with Crippen molar-refractivity contribution >= 4 is 17.2 Å². The number of nitrogens with one attached hydrogen (secondary N) is 1. The minimum absolute atomic E-state index is 0.374. The van der Waals surface area contributed by atoms with Crippen LogP contribution in [0.15, 0.2) is 42.9 Å². The van der Waals surface area contributed by atoms with Gasteiger partial charge in [0.05, 0.1) is 29.9 Å². The van der Waals surface area contributed by atoms with Crippen molar-refractivity contribution in [3.05, 3.63) is 54.2 Å². The van der Waals surface area contributed by atoms with E-state index in [1.807, 2.05) is 29.9 Å². The molecule has 1 unspecified atom stereocenters. The van der Waals surface area contributed by atoms with Crippen molar-refractivity contribution in [2.75, 3.05) is 7.05 Å². The fraction of sp³-hybridized carbons (Fsp3) is 0.409. The number of halogens is 2. The summed E-state index contributed by atoms with van der Waals surface area (Å²) >= 11 is 0. The Morgan fingerprint density at radius 2 is 1.88 bits per heavy atom. The van der Waals surface area contributed by atoms with Crippen LogP contribution in [0, 0.1) is 11.3 Å². The fourth-order valence-corrected chi connectivity index (χ4v) is 2.27. The van der Waals surface area contributed by atoms with Gasteiger partial charge >= 0.3 is 0 Å². The van der Waals surface area contributed by atoms with Crippen molar-refractivity contribution in [1.82, 2.24) is 25.1 Å². The summed E-state index contributed by atoms with van der Waals surface area (Å²) in [5.41, 5.74) is 0.816. The molecule has 172 valence electrons. The first kappa shape index (κ1) is 26.7. The van der Waals surface area contributed by atoms with Crippen LogP contribution in [0.3, 0.4) is 0 Å². The van der Waals surface area contributed by atoms with Gasteiger partial charge in [0.15, 0.2) is 12.1 Å². The number of carbonyl (C=O) groups excluding carboxylic acids is 1. The van der Waals surface area contributed by atoms with Crippen LogP contribution in [0.2, 0.25) is 0 Å². The molecule has 10 heteroatoms. The normalized spacial score (nSPS) is 12.0. The van der Waals surface area contributed by atoms with Gasteiger partial charge in [-0.2, -0.15) is 19.1 Å². The third-order valence-electron chi connectivity index (χ3n) is 4.03. The van der Waals surface area contributed by atoms with E-state index in [4.69, 9.17) is 10.1 Å². The lowest BCUT2D eigenvalue weighted by Gasteiger charge is -2.13. The van der Waals surface area contributed by atoms with E-state index in [0.717, 1.165) is 17.4 Å². The smallest absolute Gasteiger partial charge is 0.299 e. The molecule has 0 saturated carbocycles. The van der Waals surface area contributed by atoms with E-state index >= 15 is 0 Å². The van der Waals surface area contributed by atoms with Gasteiger partial charge in [0.25, 0.3) is 5.92 Å². The first-order valence-corrected chi connectivity index (χ1v) is 9.78. The van der Waals surface area contributed by atoms with Crippen LogP contribution in [0.5, 0.6) is 0 Å². The Kier molecular flexibility index (Phi) is 9.97. The van der Waals surface area contributed by atoms with Gasteiger partial charge in [0.2, 0.25) is 0 Å². The van der Waals surface area contributed by atoms with Crippen LogP contribution in [0.4, 0.5) is 8.78 Å². The minimum atomic E-state index is -3.14. The third kappa shape index (κ3) is 9.24. The van der Waals surface area contributed by atoms with Gasteiger partial charge in [-0.3, -0.25) is 9.48 Å². The molecule has 8 nitrogen and oxygen atoms in total. The number of fused-ring (bicyclic) bond motifs is 1. The summed E-state index contributed by atoms with van der Waals surface area (Å²) in [5.74, 6) is -2.69. The molecule has 0 amide bonds. The minimum Gasteiger partial charge on any atom is -0.382 e. The summed E-state index contributed by atoms with van der Waals surface area (Å²) in [6.45, 7) is 6.79. The largest absolute Gasteiger partial charge is 0.382 e. The molecule has 0 bridgehead atoms. The molecule has 1 atom stereocenters. The second kappa shape index (κ2) is 11.9. The van der Waals surface area contributed by atoms with Gasteiger partial charge in [0, 0.05) is 30.7 Å². The molecule has 0 fully saturated rings. The molecule has 0 aliphatic heterocycles. The number of aliphatic hydroxyl groups is 1.